The van der Waals surface area contributed by atoms with Crippen LogP contribution in [0.25, 0.3) is 10.9 Å². The van der Waals surface area contributed by atoms with E-state index in [9.17, 15) is 4.79 Å². The first-order valence-corrected chi connectivity index (χ1v) is 9.57. The van der Waals surface area contributed by atoms with E-state index in [4.69, 9.17) is 14.2 Å². The minimum Gasteiger partial charge on any atom is -0.496 e. The fourth-order valence-electron chi connectivity index (χ4n) is 3.60. The molecule has 1 amide bonds. The van der Waals surface area contributed by atoms with Crippen molar-refractivity contribution in [1.29, 1.82) is 0 Å². The predicted octanol–water partition coefficient (Wildman–Crippen LogP) is 4.43. The maximum absolute atomic E-state index is 12.5. The number of carbonyl (C=O) groups excluding carboxylic acids is 1. The van der Waals surface area contributed by atoms with Crippen molar-refractivity contribution in [3.63, 3.8) is 0 Å². The predicted molar refractivity (Wildman–Crippen MR) is 115 cm³/mol. The quantitative estimate of drug-likeness (QED) is 0.668. The van der Waals surface area contributed by atoms with Gasteiger partial charge >= 0.3 is 6.09 Å². The maximum atomic E-state index is 12.5. The van der Waals surface area contributed by atoms with Crippen LogP contribution in [-0.2, 0) is 4.74 Å². The number of nitrogens with zero attached hydrogens (tertiary/aromatic N) is 3. The summed E-state index contributed by atoms with van der Waals surface area (Å²) in [5, 5.41) is 4.12. The van der Waals surface area contributed by atoms with Crippen LogP contribution < -0.4 is 19.7 Å². The molecule has 1 saturated heterocycles. The van der Waals surface area contributed by atoms with Crippen molar-refractivity contribution >= 4 is 34.2 Å². The molecule has 0 bridgehead atoms. The van der Waals surface area contributed by atoms with Crippen LogP contribution in [0.4, 0.5) is 22.0 Å². The first kappa shape index (κ1) is 19.8. The van der Waals surface area contributed by atoms with E-state index < -0.39 is 11.7 Å². The zero-order valence-electron chi connectivity index (χ0n) is 17.6. The van der Waals surface area contributed by atoms with E-state index in [-0.39, 0.29) is 0 Å². The third-order valence-corrected chi connectivity index (χ3v) is 5.11. The molecule has 2 aromatic carbocycles. The number of methoxy groups -OCH3 is 2. The van der Waals surface area contributed by atoms with Crippen LogP contribution in [0.5, 0.6) is 11.5 Å². The van der Waals surface area contributed by atoms with Crippen molar-refractivity contribution in [3.8, 4) is 11.5 Å². The van der Waals surface area contributed by atoms with Crippen molar-refractivity contribution < 1.29 is 19.0 Å². The largest absolute Gasteiger partial charge is 0.496 e. The molecule has 2 heterocycles. The summed E-state index contributed by atoms with van der Waals surface area (Å²) in [7, 11) is 3.21. The number of nitrogens with one attached hydrogen (secondary N) is 1. The van der Waals surface area contributed by atoms with E-state index in [2.05, 4.69) is 15.3 Å². The molecule has 0 saturated carbocycles. The molecule has 1 aliphatic rings. The SMILES string of the molecule is COc1cc2ncnc(Nc3cccc(OC)c3C)c2cc1N1CC(C)(C)OC1=O. The monoisotopic (exact) mass is 408 g/mol. The average Bonchev–Trinajstić information content (AvgIpc) is 3.00. The number of hydrogen-bond donors (Lipinski definition) is 1. The summed E-state index contributed by atoms with van der Waals surface area (Å²) in [6.45, 7) is 6.14. The Morgan fingerprint density at radius 3 is 2.57 bits per heavy atom. The number of hydrogen-bond acceptors (Lipinski definition) is 7. The van der Waals surface area contributed by atoms with Gasteiger partial charge in [-0.2, -0.15) is 0 Å². The summed E-state index contributed by atoms with van der Waals surface area (Å²) in [5.41, 5.74) is 2.56. The number of amides is 1. The van der Waals surface area contributed by atoms with Crippen molar-refractivity contribution in [3.05, 3.63) is 42.2 Å². The normalized spacial score (nSPS) is 15.2. The maximum Gasteiger partial charge on any atom is 0.415 e. The molecule has 30 heavy (non-hydrogen) atoms. The summed E-state index contributed by atoms with van der Waals surface area (Å²) in [4.78, 5) is 22.9. The van der Waals surface area contributed by atoms with Gasteiger partial charge in [-0.15, -0.1) is 0 Å². The van der Waals surface area contributed by atoms with E-state index in [1.807, 2.05) is 45.0 Å². The van der Waals surface area contributed by atoms with Gasteiger partial charge in [-0.05, 0) is 39.0 Å². The van der Waals surface area contributed by atoms with Gasteiger partial charge in [0.2, 0.25) is 0 Å². The van der Waals surface area contributed by atoms with Gasteiger partial charge in [0.25, 0.3) is 0 Å². The van der Waals surface area contributed by atoms with Gasteiger partial charge in [0, 0.05) is 22.7 Å². The van der Waals surface area contributed by atoms with Crippen molar-refractivity contribution in [1.82, 2.24) is 9.97 Å². The van der Waals surface area contributed by atoms with Gasteiger partial charge in [0.1, 0.15) is 29.2 Å². The molecule has 4 rings (SSSR count). The highest BCUT2D eigenvalue weighted by Crippen LogP contribution is 2.39. The smallest absolute Gasteiger partial charge is 0.415 e. The second kappa shape index (κ2) is 7.37. The Balaban J connectivity index is 1.82. The second-order valence-electron chi connectivity index (χ2n) is 7.74. The molecule has 1 fully saturated rings. The lowest BCUT2D eigenvalue weighted by atomic mass is 10.1. The van der Waals surface area contributed by atoms with Gasteiger partial charge in [0.05, 0.1) is 32.0 Å². The summed E-state index contributed by atoms with van der Waals surface area (Å²) in [5.74, 6) is 1.94. The molecular weight excluding hydrogens is 384 g/mol. The van der Waals surface area contributed by atoms with Crippen LogP contribution in [-0.4, -0.2) is 42.4 Å². The summed E-state index contributed by atoms with van der Waals surface area (Å²) < 4.78 is 16.4. The minimum absolute atomic E-state index is 0.410. The fourth-order valence-corrected chi connectivity index (χ4v) is 3.60. The van der Waals surface area contributed by atoms with Crippen molar-refractivity contribution in [2.45, 2.75) is 26.4 Å². The van der Waals surface area contributed by atoms with Crippen LogP contribution in [0.1, 0.15) is 19.4 Å². The molecule has 1 aliphatic heterocycles. The first-order valence-electron chi connectivity index (χ1n) is 9.57. The van der Waals surface area contributed by atoms with Gasteiger partial charge < -0.3 is 19.5 Å². The standard InChI is InChI=1S/C22H24N4O4/c1-13-15(7-6-8-18(13)28-4)25-20-14-9-17(26-11-22(2,3)30-21(26)27)19(29-5)10-16(14)23-12-24-20/h6-10,12H,11H2,1-5H3,(H,23,24,25). The Hall–Kier alpha value is -3.55. The van der Waals surface area contributed by atoms with Crippen LogP contribution >= 0.6 is 0 Å². The number of benzene rings is 2. The number of cyclic esters (lactones) is 1. The molecule has 0 aliphatic carbocycles. The number of carbonyl (C=O) groups is 1. The fraction of sp³-hybridized carbons (Fsp3) is 0.318. The van der Waals surface area contributed by atoms with E-state index in [1.54, 1.807) is 25.2 Å². The van der Waals surface area contributed by atoms with Gasteiger partial charge in [-0.1, -0.05) is 6.07 Å². The van der Waals surface area contributed by atoms with E-state index in [0.717, 1.165) is 22.4 Å². The van der Waals surface area contributed by atoms with Crippen molar-refractivity contribution in [2.75, 3.05) is 31.0 Å². The van der Waals surface area contributed by atoms with Gasteiger partial charge in [-0.25, -0.2) is 14.8 Å². The highest BCUT2D eigenvalue weighted by Gasteiger charge is 2.39. The molecule has 1 N–H and O–H groups in total. The van der Waals surface area contributed by atoms with Gasteiger partial charge in [-0.3, -0.25) is 4.90 Å². The molecule has 8 heteroatoms. The first-order chi connectivity index (χ1) is 14.3. The van der Waals surface area contributed by atoms with E-state index in [1.165, 1.54) is 6.33 Å². The number of ether oxygens (including phenoxy) is 3. The van der Waals surface area contributed by atoms with E-state index in [0.29, 0.717) is 29.3 Å². The lowest BCUT2D eigenvalue weighted by Gasteiger charge is -2.19. The van der Waals surface area contributed by atoms with E-state index >= 15 is 0 Å². The zero-order valence-corrected chi connectivity index (χ0v) is 17.6. The van der Waals surface area contributed by atoms with Crippen molar-refractivity contribution in [2.24, 2.45) is 0 Å². The minimum atomic E-state index is -0.580. The number of aromatic nitrogens is 2. The Morgan fingerprint density at radius 1 is 1.13 bits per heavy atom. The lowest BCUT2D eigenvalue weighted by molar-refractivity contribution is 0.0871. The number of rotatable bonds is 5. The number of fused-ring (bicyclic) bond motifs is 1. The molecule has 0 atom stereocenters. The van der Waals surface area contributed by atoms with Crippen LogP contribution in [0.15, 0.2) is 36.7 Å². The Morgan fingerprint density at radius 2 is 1.90 bits per heavy atom. The summed E-state index contributed by atoms with van der Waals surface area (Å²) in [6.07, 6.45) is 1.08. The zero-order chi connectivity index (χ0) is 21.5. The molecule has 3 aromatic rings. The van der Waals surface area contributed by atoms with Gasteiger partial charge in [0.15, 0.2) is 0 Å². The lowest BCUT2D eigenvalue weighted by Crippen LogP contribution is -2.28. The summed E-state index contributed by atoms with van der Waals surface area (Å²) >= 11 is 0. The Kier molecular flexibility index (Phi) is 4.85. The topological polar surface area (TPSA) is 85.8 Å². The summed E-state index contributed by atoms with van der Waals surface area (Å²) in [6, 6.07) is 9.43. The Labute approximate surface area is 174 Å². The molecule has 156 valence electrons. The molecule has 0 radical (unpaired) electrons. The molecular formula is C22H24N4O4. The van der Waals surface area contributed by atoms with Crippen LogP contribution in [0.2, 0.25) is 0 Å². The van der Waals surface area contributed by atoms with Crippen LogP contribution in [0.3, 0.4) is 0 Å². The Bertz CT molecular complexity index is 1130. The highest BCUT2D eigenvalue weighted by molar-refractivity contribution is 6.00. The molecule has 8 nitrogen and oxygen atoms in total. The third kappa shape index (κ3) is 3.45. The highest BCUT2D eigenvalue weighted by atomic mass is 16.6. The second-order valence-corrected chi connectivity index (χ2v) is 7.74. The molecule has 0 spiro atoms. The average molecular weight is 408 g/mol. The van der Waals surface area contributed by atoms with Crippen LogP contribution in [0, 0.1) is 6.92 Å². The molecule has 0 unspecified atom stereocenters. The molecule has 1 aromatic heterocycles. The third-order valence-electron chi connectivity index (χ3n) is 5.11. The number of anilines is 3.